The molecule has 0 bridgehead atoms. The molecule has 3 atom stereocenters. The number of methoxy groups -OCH3 is 1. The van der Waals surface area contributed by atoms with E-state index in [0.29, 0.717) is 5.56 Å². The molecule has 2 aliphatic rings. The van der Waals surface area contributed by atoms with Crippen molar-refractivity contribution in [2.24, 2.45) is 5.92 Å². The molecule has 0 saturated heterocycles. The van der Waals surface area contributed by atoms with E-state index < -0.39 is 0 Å². The van der Waals surface area contributed by atoms with Crippen LogP contribution in [0.4, 0.5) is 11.4 Å². The summed E-state index contributed by atoms with van der Waals surface area (Å²) in [6, 6.07) is 12.3. The molecule has 0 spiro atoms. The molecule has 132 valence electrons. The fraction of sp³-hybridized carbons (Fsp3) is 0.250. The molecule has 0 radical (unpaired) electrons. The summed E-state index contributed by atoms with van der Waals surface area (Å²) in [6.45, 7) is 0. The first-order chi connectivity index (χ1) is 12.6. The lowest BCUT2D eigenvalue weighted by molar-refractivity contribution is -0.384. The van der Waals surface area contributed by atoms with Crippen LogP contribution in [-0.2, 0) is 4.74 Å². The first kappa shape index (κ1) is 16.3. The minimum absolute atomic E-state index is 0.0219. The van der Waals surface area contributed by atoms with Crippen LogP contribution in [0.15, 0.2) is 54.6 Å². The third-order valence-electron chi connectivity index (χ3n) is 5.22. The zero-order chi connectivity index (χ0) is 18.3. The molecule has 0 aromatic heterocycles. The number of benzene rings is 2. The van der Waals surface area contributed by atoms with E-state index in [9.17, 15) is 14.9 Å². The van der Waals surface area contributed by atoms with Gasteiger partial charge in [-0.2, -0.15) is 0 Å². The van der Waals surface area contributed by atoms with Crippen LogP contribution >= 0.6 is 0 Å². The van der Waals surface area contributed by atoms with Crippen molar-refractivity contribution >= 4 is 17.3 Å². The molecule has 26 heavy (non-hydrogen) atoms. The van der Waals surface area contributed by atoms with Gasteiger partial charge in [-0.25, -0.2) is 4.79 Å². The van der Waals surface area contributed by atoms with E-state index >= 15 is 0 Å². The van der Waals surface area contributed by atoms with Crippen molar-refractivity contribution < 1.29 is 14.5 Å². The summed E-state index contributed by atoms with van der Waals surface area (Å²) in [5.41, 5.74) is 3.54. The van der Waals surface area contributed by atoms with Crippen molar-refractivity contribution in [1.82, 2.24) is 0 Å². The summed E-state index contributed by atoms with van der Waals surface area (Å²) in [4.78, 5) is 22.6. The van der Waals surface area contributed by atoms with Gasteiger partial charge >= 0.3 is 5.97 Å². The number of rotatable bonds is 3. The van der Waals surface area contributed by atoms with Crippen molar-refractivity contribution in [2.45, 2.75) is 18.4 Å². The van der Waals surface area contributed by atoms with Crippen LogP contribution < -0.4 is 5.32 Å². The standard InChI is InChI=1S/C20H18N2O4/c1-26-20(23)13-8-9-18-17(11-13)15-6-3-7-16(15)19(21-18)12-4-2-5-14(10-12)22(24)25/h2-6,8-11,15-16,19,21H,7H2,1H3/t15-,16-,19+/m1/s1. The number of allylic oxidation sites excluding steroid dienone is 2. The number of nitrogens with one attached hydrogen (secondary N) is 1. The van der Waals surface area contributed by atoms with Crippen molar-refractivity contribution in [3.05, 3.63) is 81.4 Å². The number of non-ortho nitro benzene ring substituents is 1. The van der Waals surface area contributed by atoms with Gasteiger partial charge in [0.05, 0.1) is 23.6 Å². The van der Waals surface area contributed by atoms with E-state index in [-0.39, 0.29) is 34.5 Å². The molecular formula is C20H18N2O4. The fourth-order valence-electron chi connectivity index (χ4n) is 4.00. The van der Waals surface area contributed by atoms with E-state index in [1.54, 1.807) is 18.2 Å². The average molecular weight is 350 g/mol. The number of fused-ring (bicyclic) bond motifs is 3. The van der Waals surface area contributed by atoms with E-state index in [0.717, 1.165) is 23.2 Å². The molecule has 1 heterocycles. The maximum atomic E-state index is 11.9. The Balaban J connectivity index is 1.75. The Kier molecular flexibility index (Phi) is 3.95. The lowest BCUT2D eigenvalue weighted by atomic mass is 9.76. The van der Waals surface area contributed by atoms with E-state index in [1.165, 1.54) is 13.2 Å². The smallest absolute Gasteiger partial charge is 0.337 e. The van der Waals surface area contributed by atoms with E-state index in [4.69, 9.17) is 4.74 Å². The van der Waals surface area contributed by atoms with Crippen molar-refractivity contribution in [1.29, 1.82) is 0 Å². The van der Waals surface area contributed by atoms with Crippen molar-refractivity contribution in [2.75, 3.05) is 12.4 Å². The number of ether oxygens (including phenoxy) is 1. The Morgan fingerprint density at radius 2 is 2.12 bits per heavy atom. The summed E-state index contributed by atoms with van der Waals surface area (Å²) in [7, 11) is 1.37. The summed E-state index contributed by atoms with van der Waals surface area (Å²) in [6.07, 6.45) is 5.18. The molecule has 6 nitrogen and oxygen atoms in total. The first-order valence-electron chi connectivity index (χ1n) is 8.48. The molecule has 4 rings (SSSR count). The molecule has 2 aromatic rings. The predicted octanol–water partition coefficient (Wildman–Crippen LogP) is 4.21. The van der Waals surface area contributed by atoms with Gasteiger partial charge in [0.25, 0.3) is 5.69 Å². The minimum Gasteiger partial charge on any atom is -0.465 e. The second-order valence-corrected chi connectivity index (χ2v) is 6.62. The molecule has 1 N–H and O–H groups in total. The van der Waals surface area contributed by atoms with Gasteiger partial charge in [0.15, 0.2) is 0 Å². The summed E-state index contributed by atoms with van der Waals surface area (Å²) < 4.78 is 4.82. The van der Waals surface area contributed by atoms with Crippen molar-refractivity contribution in [3.8, 4) is 0 Å². The van der Waals surface area contributed by atoms with Gasteiger partial charge in [-0.3, -0.25) is 10.1 Å². The minimum atomic E-state index is -0.368. The van der Waals surface area contributed by atoms with Crippen LogP contribution in [0.25, 0.3) is 0 Å². The normalized spacial score (nSPS) is 22.9. The third-order valence-corrected chi connectivity index (χ3v) is 5.22. The SMILES string of the molecule is COC(=O)c1ccc2c(c1)[C@@H]1C=CC[C@H]1[C@H](c1cccc([N+](=O)[O-])c1)N2. The number of esters is 1. The van der Waals surface area contributed by atoms with Crippen LogP contribution in [0.2, 0.25) is 0 Å². The second kappa shape index (κ2) is 6.29. The molecule has 2 aromatic carbocycles. The maximum absolute atomic E-state index is 11.9. The fourth-order valence-corrected chi connectivity index (χ4v) is 4.00. The van der Waals surface area contributed by atoms with Gasteiger partial charge < -0.3 is 10.1 Å². The highest BCUT2D eigenvalue weighted by atomic mass is 16.6. The molecule has 1 aliphatic carbocycles. The highest BCUT2D eigenvalue weighted by Gasteiger charge is 2.38. The van der Waals surface area contributed by atoms with Crippen LogP contribution in [-0.4, -0.2) is 18.0 Å². The van der Waals surface area contributed by atoms with Crippen molar-refractivity contribution in [3.63, 3.8) is 0 Å². The molecule has 6 heteroatoms. The van der Waals surface area contributed by atoms with E-state index in [1.807, 2.05) is 18.2 Å². The Bertz CT molecular complexity index is 922. The first-order valence-corrected chi connectivity index (χ1v) is 8.48. The number of nitrogens with zero attached hydrogens (tertiary/aromatic N) is 1. The maximum Gasteiger partial charge on any atom is 0.337 e. The molecule has 0 amide bonds. The molecule has 1 aliphatic heterocycles. The van der Waals surface area contributed by atoms with Crippen LogP contribution in [0.1, 0.15) is 39.9 Å². The monoisotopic (exact) mass is 350 g/mol. The number of carbonyl (C=O) groups is 1. The number of anilines is 1. The number of hydrogen-bond donors (Lipinski definition) is 1. The van der Waals surface area contributed by atoms with E-state index in [2.05, 4.69) is 17.5 Å². The summed E-state index contributed by atoms with van der Waals surface area (Å²) >= 11 is 0. The topological polar surface area (TPSA) is 81.5 Å². The van der Waals surface area contributed by atoms with Crippen LogP contribution in [0, 0.1) is 16.0 Å². The number of nitro groups is 1. The average Bonchev–Trinajstić information content (AvgIpc) is 3.16. The largest absolute Gasteiger partial charge is 0.465 e. The highest BCUT2D eigenvalue weighted by Crippen LogP contribution is 2.50. The van der Waals surface area contributed by atoms with Gasteiger partial charge in [-0.15, -0.1) is 0 Å². The zero-order valence-corrected chi connectivity index (χ0v) is 14.2. The number of nitro benzene ring substituents is 1. The Morgan fingerprint density at radius 1 is 1.27 bits per heavy atom. The number of carbonyl (C=O) groups excluding carboxylic acids is 1. The second-order valence-electron chi connectivity index (χ2n) is 6.62. The molecule has 0 fully saturated rings. The molecular weight excluding hydrogens is 332 g/mol. The van der Waals surface area contributed by atoms with Gasteiger partial charge in [0, 0.05) is 23.7 Å². The predicted molar refractivity (Wildman–Crippen MR) is 97.2 cm³/mol. The molecule has 0 saturated carbocycles. The highest BCUT2D eigenvalue weighted by molar-refractivity contribution is 5.90. The van der Waals surface area contributed by atoms with Crippen LogP contribution in [0.3, 0.4) is 0 Å². The Morgan fingerprint density at radius 3 is 2.88 bits per heavy atom. The summed E-state index contributed by atoms with van der Waals surface area (Å²) in [5, 5.41) is 14.6. The Hall–Kier alpha value is -3.15. The van der Waals surface area contributed by atoms with Gasteiger partial charge in [0.1, 0.15) is 0 Å². The number of hydrogen-bond acceptors (Lipinski definition) is 5. The quantitative estimate of drug-likeness (QED) is 0.388. The Labute approximate surface area is 150 Å². The van der Waals surface area contributed by atoms with Crippen LogP contribution in [0.5, 0.6) is 0 Å². The van der Waals surface area contributed by atoms with Gasteiger partial charge in [-0.05, 0) is 41.7 Å². The molecule has 0 unspecified atom stereocenters. The third kappa shape index (κ3) is 2.63. The zero-order valence-electron chi connectivity index (χ0n) is 14.2. The van der Waals surface area contributed by atoms with Gasteiger partial charge in [-0.1, -0.05) is 24.3 Å². The lowest BCUT2D eigenvalue weighted by Gasteiger charge is -2.37. The lowest BCUT2D eigenvalue weighted by Crippen LogP contribution is -2.29. The van der Waals surface area contributed by atoms with Gasteiger partial charge in [0.2, 0.25) is 0 Å². The summed E-state index contributed by atoms with van der Waals surface area (Å²) in [5.74, 6) is 0.0599.